The maximum Gasteiger partial charge on any atom is 0.271 e. The van der Waals surface area contributed by atoms with E-state index in [1.807, 2.05) is 25.1 Å². The number of hydrogen-bond donors (Lipinski definition) is 1. The number of benzene rings is 2. The molecule has 0 aliphatic carbocycles. The van der Waals surface area contributed by atoms with Gasteiger partial charge >= 0.3 is 0 Å². The van der Waals surface area contributed by atoms with Gasteiger partial charge in [0.1, 0.15) is 0 Å². The van der Waals surface area contributed by atoms with Crippen LogP contribution in [-0.2, 0) is 0 Å². The average Bonchev–Trinajstić information content (AvgIpc) is 2.62. The van der Waals surface area contributed by atoms with E-state index in [-0.39, 0.29) is 11.4 Å². The Bertz CT molecular complexity index is 908. The van der Waals surface area contributed by atoms with Crippen LogP contribution in [0.1, 0.15) is 54.7 Å². The minimum absolute atomic E-state index is 0.00342. The second kappa shape index (κ2) is 7.39. The smallest absolute Gasteiger partial charge is 0.271 e. The van der Waals surface area contributed by atoms with Crippen molar-refractivity contribution in [3.05, 3.63) is 70.8 Å². The zero-order valence-electron chi connectivity index (χ0n) is 16.7. The van der Waals surface area contributed by atoms with Gasteiger partial charge in [-0.15, -0.1) is 0 Å². The lowest BCUT2D eigenvalue weighted by Gasteiger charge is -2.42. The zero-order chi connectivity index (χ0) is 19.6. The van der Waals surface area contributed by atoms with Gasteiger partial charge in [0, 0.05) is 23.4 Å². The van der Waals surface area contributed by atoms with E-state index < -0.39 is 0 Å². The molecule has 0 bridgehead atoms. The van der Waals surface area contributed by atoms with Gasteiger partial charge in [0.15, 0.2) is 0 Å². The summed E-state index contributed by atoms with van der Waals surface area (Å²) in [7, 11) is 0. The number of anilines is 1. The SMILES string of the molecule is CCN1c2ccc(/C=N\NC(=O)c3ccc(C)cc3)cc2C(C)=CC1(C)C. The van der Waals surface area contributed by atoms with Crippen LogP contribution in [0.2, 0.25) is 0 Å². The van der Waals surface area contributed by atoms with Gasteiger partial charge < -0.3 is 4.90 Å². The fourth-order valence-corrected chi connectivity index (χ4v) is 3.69. The molecule has 2 aromatic carbocycles. The third kappa shape index (κ3) is 3.95. The molecule has 1 heterocycles. The summed E-state index contributed by atoms with van der Waals surface area (Å²) in [6.07, 6.45) is 3.99. The minimum Gasteiger partial charge on any atom is -0.363 e. The van der Waals surface area contributed by atoms with Crippen molar-refractivity contribution in [2.24, 2.45) is 5.10 Å². The molecule has 4 nitrogen and oxygen atoms in total. The third-order valence-electron chi connectivity index (χ3n) is 5.01. The van der Waals surface area contributed by atoms with Gasteiger partial charge in [0.2, 0.25) is 0 Å². The number of amides is 1. The lowest BCUT2D eigenvalue weighted by atomic mass is 9.88. The molecule has 1 aliphatic heterocycles. The summed E-state index contributed by atoms with van der Waals surface area (Å²) in [5, 5.41) is 4.12. The van der Waals surface area contributed by atoms with Gasteiger partial charge in [-0.25, -0.2) is 5.43 Å². The predicted octanol–water partition coefficient (Wildman–Crippen LogP) is 4.78. The second-order valence-corrected chi connectivity index (χ2v) is 7.57. The van der Waals surface area contributed by atoms with Crippen molar-refractivity contribution in [3.8, 4) is 0 Å². The molecule has 0 atom stereocenters. The van der Waals surface area contributed by atoms with Gasteiger partial charge in [-0.3, -0.25) is 4.79 Å². The molecule has 0 aromatic heterocycles. The van der Waals surface area contributed by atoms with Crippen LogP contribution in [0.5, 0.6) is 0 Å². The Morgan fingerprint density at radius 2 is 1.85 bits per heavy atom. The van der Waals surface area contributed by atoms with Crippen molar-refractivity contribution in [2.75, 3.05) is 11.4 Å². The second-order valence-electron chi connectivity index (χ2n) is 7.57. The Labute approximate surface area is 161 Å². The number of nitrogens with one attached hydrogen (secondary N) is 1. The first-order chi connectivity index (χ1) is 12.8. The third-order valence-corrected chi connectivity index (χ3v) is 5.01. The normalized spacial score (nSPS) is 15.4. The van der Waals surface area contributed by atoms with Crippen molar-refractivity contribution >= 4 is 23.4 Å². The first kappa shape index (κ1) is 18.9. The summed E-state index contributed by atoms with van der Waals surface area (Å²) >= 11 is 0. The molecule has 0 spiro atoms. The highest BCUT2D eigenvalue weighted by Crippen LogP contribution is 2.38. The van der Waals surface area contributed by atoms with Crippen LogP contribution < -0.4 is 10.3 Å². The van der Waals surface area contributed by atoms with Crippen molar-refractivity contribution < 1.29 is 4.79 Å². The van der Waals surface area contributed by atoms with Gasteiger partial charge in [-0.05, 0) is 70.0 Å². The number of carbonyl (C=O) groups is 1. The quantitative estimate of drug-likeness (QED) is 0.629. The van der Waals surface area contributed by atoms with Crippen LogP contribution in [-0.4, -0.2) is 24.2 Å². The van der Waals surface area contributed by atoms with Crippen LogP contribution in [0.3, 0.4) is 0 Å². The molecule has 140 valence electrons. The lowest BCUT2D eigenvalue weighted by Crippen LogP contribution is -2.44. The molecule has 27 heavy (non-hydrogen) atoms. The van der Waals surface area contributed by atoms with Crippen molar-refractivity contribution in [2.45, 2.75) is 40.2 Å². The molecule has 0 fully saturated rings. The summed E-state index contributed by atoms with van der Waals surface area (Å²) in [6, 6.07) is 13.7. The largest absolute Gasteiger partial charge is 0.363 e. The van der Waals surface area contributed by atoms with E-state index in [4.69, 9.17) is 0 Å². The van der Waals surface area contributed by atoms with E-state index in [1.165, 1.54) is 16.8 Å². The fraction of sp³-hybridized carbons (Fsp3) is 0.304. The number of nitrogens with zero attached hydrogens (tertiary/aromatic N) is 2. The maximum atomic E-state index is 12.1. The van der Waals surface area contributed by atoms with Crippen molar-refractivity contribution in [1.82, 2.24) is 5.43 Å². The molecule has 1 aliphatic rings. The van der Waals surface area contributed by atoms with Crippen LogP contribution in [0, 0.1) is 6.92 Å². The zero-order valence-corrected chi connectivity index (χ0v) is 16.7. The number of hydrogen-bond acceptors (Lipinski definition) is 3. The molecular weight excluding hydrogens is 334 g/mol. The van der Waals surface area contributed by atoms with Crippen molar-refractivity contribution in [3.63, 3.8) is 0 Å². The first-order valence-electron chi connectivity index (χ1n) is 9.33. The Hall–Kier alpha value is -2.88. The van der Waals surface area contributed by atoms with Gasteiger partial charge in [-0.1, -0.05) is 29.8 Å². The molecule has 2 aromatic rings. The van der Waals surface area contributed by atoms with Crippen LogP contribution in [0.4, 0.5) is 5.69 Å². The van der Waals surface area contributed by atoms with Gasteiger partial charge in [0.05, 0.1) is 11.8 Å². The summed E-state index contributed by atoms with van der Waals surface area (Å²) in [6.45, 7) is 11.7. The summed E-state index contributed by atoms with van der Waals surface area (Å²) in [5.41, 5.74) is 9.00. The van der Waals surface area contributed by atoms with E-state index in [2.05, 4.69) is 61.3 Å². The van der Waals surface area contributed by atoms with Crippen LogP contribution in [0.15, 0.2) is 53.6 Å². The van der Waals surface area contributed by atoms with E-state index in [9.17, 15) is 4.79 Å². The molecule has 0 unspecified atom stereocenters. The Kier molecular flexibility index (Phi) is 5.17. The van der Waals surface area contributed by atoms with Gasteiger partial charge in [-0.2, -0.15) is 5.10 Å². The van der Waals surface area contributed by atoms with Gasteiger partial charge in [0.25, 0.3) is 5.91 Å². The topological polar surface area (TPSA) is 44.7 Å². The number of likely N-dealkylation sites (N-methyl/N-ethyl adjacent to an activating group) is 1. The summed E-state index contributed by atoms with van der Waals surface area (Å²) in [5.74, 6) is -0.209. The fourth-order valence-electron chi connectivity index (χ4n) is 3.69. The molecule has 3 rings (SSSR count). The van der Waals surface area contributed by atoms with E-state index in [1.54, 1.807) is 18.3 Å². The minimum atomic E-state index is -0.209. The number of hydrazone groups is 1. The molecule has 1 amide bonds. The van der Waals surface area contributed by atoms with E-state index >= 15 is 0 Å². The first-order valence-corrected chi connectivity index (χ1v) is 9.33. The number of rotatable bonds is 4. The van der Waals surface area contributed by atoms with E-state index in [0.717, 1.165) is 17.7 Å². The molecule has 0 saturated heterocycles. The van der Waals surface area contributed by atoms with Crippen LogP contribution >= 0.6 is 0 Å². The number of aryl methyl sites for hydroxylation is 1. The van der Waals surface area contributed by atoms with Crippen molar-refractivity contribution in [1.29, 1.82) is 0 Å². The number of fused-ring (bicyclic) bond motifs is 1. The molecule has 0 radical (unpaired) electrons. The lowest BCUT2D eigenvalue weighted by molar-refractivity contribution is 0.0955. The average molecular weight is 361 g/mol. The Morgan fingerprint density at radius 3 is 2.52 bits per heavy atom. The van der Waals surface area contributed by atoms with E-state index in [0.29, 0.717) is 5.56 Å². The van der Waals surface area contributed by atoms with Crippen LogP contribution in [0.25, 0.3) is 5.57 Å². The number of carbonyl (C=O) groups excluding carboxylic acids is 1. The monoisotopic (exact) mass is 361 g/mol. The standard InChI is InChI=1S/C23H27N3O/c1-6-26-21-12-9-18(13-20(21)17(3)14-23(26,4)5)15-24-25-22(27)19-10-7-16(2)8-11-19/h7-15H,6H2,1-5H3,(H,25,27)/b24-15-. The molecule has 4 heteroatoms. The maximum absolute atomic E-state index is 12.1. The highest BCUT2D eigenvalue weighted by atomic mass is 16.2. The molecule has 1 N–H and O–H groups in total. The molecule has 0 saturated carbocycles. The number of allylic oxidation sites excluding steroid dienone is 1. The highest BCUT2D eigenvalue weighted by molar-refractivity contribution is 5.95. The summed E-state index contributed by atoms with van der Waals surface area (Å²) < 4.78 is 0. The predicted molar refractivity (Wildman–Crippen MR) is 113 cm³/mol. The summed E-state index contributed by atoms with van der Waals surface area (Å²) in [4.78, 5) is 14.5. The highest BCUT2D eigenvalue weighted by Gasteiger charge is 2.29. The Balaban J connectivity index is 1.77. The Morgan fingerprint density at radius 1 is 1.15 bits per heavy atom. The molecular formula is C23H27N3O.